The summed E-state index contributed by atoms with van der Waals surface area (Å²) in [6, 6.07) is 15.2. The van der Waals surface area contributed by atoms with Crippen LogP contribution in [0.4, 0.5) is 33.3 Å². The molecule has 0 saturated heterocycles. The summed E-state index contributed by atoms with van der Waals surface area (Å²) in [5.74, 6) is -8.26. The molecule has 0 aliphatic rings. The van der Waals surface area contributed by atoms with E-state index in [1.807, 2.05) is 0 Å². The number of anilines is 2. The molecule has 0 bridgehead atoms. The maximum absolute atomic E-state index is 15.4. The molecule has 2 aromatic heterocycles. The van der Waals surface area contributed by atoms with Gasteiger partial charge in [-0.15, -0.1) is 5.10 Å². The Labute approximate surface area is 340 Å². The van der Waals surface area contributed by atoms with Gasteiger partial charge in [-0.3, -0.25) is 19.2 Å². The number of halogens is 5. The van der Waals surface area contributed by atoms with Crippen LogP contribution in [0, 0.1) is 29.1 Å². The lowest BCUT2D eigenvalue weighted by Gasteiger charge is -2.26. The van der Waals surface area contributed by atoms with Crippen LogP contribution in [0.15, 0.2) is 97.2 Å². The van der Waals surface area contributed by atoms with Gasteiger partial charge >= 0.3 is 0 Å². The van der Waals surface area contributed by atoms with Crippen molar-refractivity contribution >= 4 is 78.4 Å². The molecule has 5 aromatic carbocycles. The standard InChI is InChI=1S/C41H30F5N7O4S2/c1-52(29-4-7-36-24(15-29)20-47-58-36)41(57)35(14-22-11-27(44)18-28(45)12-22)49-39(55)31-16-23(3-6-32(31)46)38(54)48-34(13-21-9-25(42)17-26(43)10-21)40(56)53(2)30-5-8-37-33(19-30)50-51-59-37/h3-12,15-20,34-35H,13-14H2,1-2H3,(H,48,54)(H,49,55)/t34-,35-/m0/s1. The Hall–Kier alpha value is -6.66. The third-order valence-electron chi connectivity index (χ3n) is 9.41. The van der Waals surface area contributed by atoms with Gasteiger partial charge < -0.3 is 20.4 Å². The van der Waals surface area contributed by atoms with E-state index >= 15 is 4.39 Å². The summed E-state index contributed by atoms with van der Waals surface area (Å²) in [7, 11) is 2.86. The average Bonchev–Trinajstić information content (AvgIpc) is 3.88. The number of nitrogens with one attached hydrogen (secondary N) is 2. The van der Waals surface area contributed by atoms with Crippen molar-refractivity contribution in [1.29, 1.82) is 0 Å². The molecule has 18 heteroatoms. The van der Waals surface area contributed by atoms with Gasteiger partial charge in [-0.05, 0) is 113 Å². The predicted molar refractivity (Wildman–Crippen MR) is 213 cm³/mol. The van der Waals surface area contributed by atoms with Crippen LogP contribution in [0.2, 0.25) is 0 Å². The number of fused-ring (bicyclic) bond motifs is 2. The van der Waals surface area contributed by atoms with E-state index in [1.54, 1.807) is 42.6 Å². The van der Waals surface area contributed by atoms with Gasteiger partial charge in [-0.25, -0.2) is 22.0 Å². The van der Waals surface area contributed by atoms with Gasteiger partial charge in [0.2, 0.25) is 11.8 Å². The molecule has 2 heterocycles. The Morgan fingerprint density at radius 3 is 1.76 bits per heavy atom. The molecule has 11 nitrogen and oxygen atoms in total. The fraction of sp³-hybridized carbons (Fsp3) is 0.146. The first kappa shape index (κ1) is 40.5. The van der Waals surface area contributed by atoms with Crippen LogP contribution in [-0.4, -0.2) is 63.8 Å². The Balaban J connectivity index is 1.15. The lowest BCUT2D eigenvalue weighted by atomic mass is 10.0. The van der Waals surface area contributed by atoms with Crippen LogP contribution >= 0.6 is 23.1 Å². The number of rotatable bonds is 12. The molecule has 0 aliphatic heterocycles. The minimum atomic E-state index is -1.50. The van der Waals surface area contributed by atoms with E-state index in [0.29, 0.717) is 29.0 Å². The molecule has 7 rings (SSSR count). The molecule has 7 aromatic rings. The summed E-state index contributed by atoms with van der Waals surface area (Å²) in [5.41, 5.74) is 0.386. The van der Waals surface area contributed by atoms with Crippen molar-refractivity contribution in [2.45, 2.75) is 24.9 Å². The number of hydrogen-bond acceptors (Lipinski definition) is 9. The van der Waals surface area contributed by atoms with Crippen molar-refractivity contribution < 1.29 is 41.1 Å². The Kier molecular flexibility index (Phi) is 11.7. The Morgan fingerprint density at radius 2 is 1.17 bits per heavy atom. The summed E-state index contributed by atoms with van der Waals surface area (Å²) in [5, 5.41) is 9.76. The topological polar surface area (TPSA) is 137 Å². The van der Waals surface area contributed by atoms with Crippen LogP contribution < -0.4 is 20.4 Å². The molecule has 0 fully saturated rings. The molecule has 4 amide bonds. The van der Waals surface area contributed by atoms with Crippen molar-refractivity contribution in [1.82, 2.24) is 24.6 Å². The molecular formula is C41H30F5N7O4S2. The van der Waals surface area contributed by atoms with Gasteiger partial charge in [-0.2, -0.15) is 4.37 Å². The van der Waals surface area contributed by atoms with E-state index in [9.17, 15) is 36.7 Å². The summed E-state index contributed by atoms with van der Waals surface area (Å²) in [4.78, 5) is 57.9. The molecule has 0 aliphatic carbocycles. The molecule has 0 spiro atoms. The highest BCUT2D eigenvalue weighted by Gasteiger charge is 2.30. The van der Waals surface area contributed by atoms with E-state index < -0.39 is 76.8 Å². The van der Waals surface area contributed by atoms with Crippen LogP contribution in [-0.2, 0) is 22.4 Å². The first-order valence-corrected chi connectivity index (χ1v) is 19.2. The van der Waals surface area contributed by atoms with E-state index in [0.717, 1.165) is 68.8 Å². The molecule has 0 saturated carbocycles. The zero-order chi connectivity index (χ0) is 42.0. The van der Waals surface area contributed by atoms with Crippen molar-refractivity contribution in [2.75, 3.05) is 23.9 Å². The molecular weight excluding hydrogens is 814 g/mol. The van der Waals surface area contributed by atoms with Crippen LogP contribution in [0.5, 0.6) is 0 Å². The zero-order valence-electron chi connectivity index (χ0n) is 30.9. The van der Waals surface area contributed by atoms with Gasteiger partial charge in [0.05, 0.1) is 15.0 Å². The maximum Gasteiger partial charge on any atom is 0.254 e. The van der Waals surface area contributed by atoms with Crippen molar-refractivity contribution in [3.8, 4) is 0 Å². The highest BCUT2D eigenvalue weighted by atomic mass is 32.1. The number of nitrogens with zero attached hydrogens (tertiary/aromatic N) is 5. The number of aromatic nitrogens is 3. The molecule has 2 N–H and O–H groups in total. The fourth-order valence-electron chi connectivity index (χ4n) is 6.42. The second-order valence-corrected chi connectivity index (χ2v) is 15.1. The highest BCUT2D eigenvalue weighted by Crippen LogP contribution is 2.26. The van der Waals surface area contributed by atoms with Crippen LogP contribution in [0.3, 0.4) is 0 Å². The molecule has 300 valence electrons. The van der Waals surface area contributed by atoms with Crippen LogP contribution in [0.1, 0.15) is 31.8 Å². The fourth-order valence-corrected chi connectivity index (χ4v) is 7.58. The van der Waals surface area contributed by atoms with E-state index in [1.165, 1.54) is 35.4 Å². The Bertz CT molecular complexity index is 2720. The number of carbonyl (C=O) groups is 4. The smallest absolute Gasteiger partial charge is 0.254 e. The number of amides is 4. The SMILES string of the molecule is CN(C(=O)[C@H](Cc1cc(F)cc(F)c1)NC(=O)c1ccc(F)c(C(=O)N[C@@H](Cc2cc(F)cc(F)c2)C(=O)N(C)c2ccc3sncc3c2)c1)c1ccc2snnc2c1. The van der Waals surface area contributed by atoms with Crippen molar-refractivity contribution in [3.63, 3.8) is 0 Å². The molecule has 2 atom stereocenters. The van der Waals surface area contributed by atoms with Gasteiger partial charge in [0, 0.05) is 67.6 Å². The number of likely N-dealkylation sites (N-methyl/N-ethyl adjacent to an activating group) is 2. The normalized spacial score (nSPS) is 12.3. The van der Waals surface area contributed by atoms with Gasteiger partial charge in [0.15, 0.2) is 0 Å². The van der Waals surface area contributed by atoms with Crippen molar-refractivity contribution in [2.24, 2.45) is 0 Å². The third kappa shape index (κ3) is 9.23. The summed E-state index contributed by atoms with van der Waals surface area (Å²) < 4.78 is 81.9. The molecule has 59 heavy (non-hydrogen) atoms. The first-order chi connectivity index (χ1) is 28.2. The maximum atomic E-state index is 15.4. The molecule has 0 unspecified atom stereocenters. The number of benzene rings is 5. The van der Waals surface area contributed by atoms with E-state index in [-0.39, 0.29) is 23.1 Å². The summed E-state index contributed by atoms with van der Waals surface area (Å²) in [6.45, 7) is 0. The quantitative estimate of drug-likeness (QED) is 0.126. The van der Waals surface area contributed by atoms with Gasteiger partial charge in [0.1, 0.15) is 46.7 Å². The minimum absolute atomic E-state index is 0.0164. The highest BCUT2D eigenvalue weighted by molar-refractivity contribution is 7.13. The molecule has 0 radical (unpaired) electrons. The zero-order valence-corrected chi connectivity index (χ0v) is 32.5. The second kappa shape index (κ2) is 17.1. The predicted octanol–water partition coefficient (Wildman–Crippen LogP) is 7.00. The Morgan fingerprint density at radius 1 is 0.627 bits per heavy atom. The minimum Gasteiger partial charge on any atom is -0.340 e. The average molecular weight is 844 g/mol. The van der Waals surface area contributed by atoms with Gasteiger partial charge in [-0.1, -0.05) is 4.49 Å². The van der Waals surface area contributed by atoms with Crippen LogP contribution in [0.25, 0.3) is 20.3 Å². The number of carbonyl (C=O) groups excluding carboxylic acids is 4. The lowest BCUT2D eigenvalue weighted by molar-refractivity contribution is -0.120. The van der Waals surface area contributed by atoms with E-state index in [4.69, 9.17) is 0 Å². The largest absolute Gasteiger partial charge is 0.340 e. The summed E-state index contributed by atoms with van der Waals surface area (Å²) >= 11 is 2.40. The summed E-state index contributed by atoms with van der Waals surface area (Å²) in [6.07, 6.45) is 0.838. The lowest BCUT2D eigenvalue weighted by Crippen LogP contribution is -2.49. The third-order valence-corrected chi connectivity index (χ3v) is 10.9. The monoisotopic (exact) mass is 843 g/mol. The number of hydrogen-bond donors (Lipinski definition) is 2. The van der Waals surface area contributed by atoms with E-state index in [2.05, 4.69) is 24.6 Å². The second-order valence-electron chi connectivity index (χ2n) is 13.5. The first-order valence-electron chi connectivity index (χ1n) is 17.7. The van der Waals surface area contributed by atoms with Gasteiger partial charge in [0.25, 0.3) is 11.8 Å². The van der Waals surface area contributed by atoms with Crippen molar-refractivity contribution in [3.05, 3.63) is 149 Å².